The van der Waals surface area contributed by atoms with Crippen LogP contribution in [0.2, 0.25) is 0 Å². The predicted molar refractivity (Wildman–Crippen MR) is 198 cm³/mol. The molecule has 4 atom stereocenters. The number of anilines is 1. The number of carboxylic acids is 1. The van der Waals surface area contributed by atoms with Crippen molar-refractivity contribution in [1.82, 2.24) is 15.4 Å². The third-order valence-electron chi connectivity index (χ3n) is 8.71. The Morgan fingerprint density at radius 2 is 1.61 bits per heavy atom. The first kappa shape index (κ1) is 39.7. The van der Waals surface area contributed by atoms with E-state index in [0.717, 1.165) is 25.7 Å². The molecule has 0 fully saturated rings. The number of ketones is 1. The first-order chi connectivity index (χ1) is 24.5. The zero-order valence-electron chi connectivity index (χ0n) is 29.2. The van der Waals surface area contributed by atoms with Crippen molar-refractivity contribution in [3.05, 3.63) is 88.7 Å². The number of amides is 3. The second-order valence-electron chi connectivity index (χ2n) is 12.5. The van der Waals surface area contributed by atoms with Gasteiger partial charge in [0.25, 0.3) is 11.8 Å². The molecule has 0 spiro atoms. The largest absolute Gasteiger partial charge is 0.486 e. The van der Waals surface area contributed by atoms with Crippen LogP contribution in [0.1, 0.15) is 70.9 Å². The highest BCUT2D eigenvalue weighted by atomic mass is 32.2. The number of aliphatic hydroxyl groups excluding tert-OH is 1. The Bertz CT molecular complexity index is 1630. The fraction of sp³-hybridized carbons (Fsp3) is 0.432. The number of rotatable bonds is 17. The number of nitrogens with zero attached hydrogens (tertiary/aromatic N) is 1. The van der Waals surface area contributed by atoms with Crippen LogP contribution in [0.4, 0.5) is 5.69 Å². The molecule has 1 heterocycles. The molecule has 2 unspecified atom stereocenters. The maximum absolute atomic E-state index is 14.7. The number of unbranched alkanes of at least 4 members (excludes halogenated alkanes) is 2. The Morgan fingerprint density at radius 3 is 2.16 bits per heavy atom. The van der Waals surface area contributed by atoms with Gasteiger partial charge in [0.05, 0.1) is 11.0 Å². The monoisotopic (exact) mass is 738 g/mol. The van der Waals surface area contributed by atoms with E-state index in [-0.39, 0.29) is 23.1 Å². The van der Waals surface area contributed by atoms with Crippen LogP contribution >= 0.6 is 23.7 Å². The van der Waals surface area contributed by atoms with E-state index in [0.29, 0.717) is 29.0 Å². The number of hydrogen-bond donors (Lipinski definition) is 5. The van der Waals surface area contributed by atoms with Crippen LogP contribution in [-0.2, 0) is 28.7 Å². The maximum atomic E-state index is 14.7. The van der Waals surface area contributed by atoms with Gasteiger partial charge in [-0.3, -0.25) is 24.1 Å². The Morgan fingerprint density at radius 1 is 1.00 bits per heavy atom. The van der Waals surface area contributed by atoms with Crippen molar-refractivity contribution < 1.29 is 38.9 Å². The highest BCUT2D eigenvalue weighted by Gasteiger charge is 2.48. The average molecular weight is 739 g/mol. The highest BCUT2D eigenvalue weighted by molar-refractivity contribution is 8.01. The molecule has 5 N–H and O–H groups in total. The molecule has 274 valence electrons. The van der Waals surface area contributed by atoms with Gasteiger partial charge in [-0.25, -0.2) is 9.52 Å². The van der Waals surface area contributed by atoms with Crippen LogP contribution < -0.4 is 20.3 Å². The number of aliphatic hydroxyl groups is 1. The molecule has 4 rings (SSSR count). The number of carboxylic acid groups (broad SMARTS) is 1. The van der Waals surface area contributed by atoms with Crippen LogP contribution in [0.15, 0.2) is 83.1 Å². The number of carbonyl (C=O) groups excluding carboxylic acids is 4. The van der Waals surface area contributed by atoms with Gasteiger partial charge < -0.3 is 25.6 Å². The second-order valence-corrected chi connectivity index (χ2v) is 14.3. The summed E-state index contributed by atoms with van der Waals surface area (Å²) in [5.41, 5.74) is 0.270. The number of thioether (sulfide) groups is 1. The zero-order chi connectivity index (χ0) is 37.1. The van der Waals surface area contributed by atoms with E-state index in [1.807, 2.05) is 30.3 Å². The lowest BCUT2D eigenvalue weighted by atomic mass is 9.86. The Labute approximate surface area is 307 Å². The molecule has 3 amide bonds. The normalized spacial score (nSPS) is 18.9. The summed E-state index contributed by atoms with van der Waals surface area (Å²) in [6, 6.07) is 14.5. The molecule has 0 saturated heterocycles. The molecule has 12 nitrogen and oxygen atoms in total. The first-order valence-electron chi connectivity index (χ1n) is 17.0. The van der Waals surface area contributed by atoms with Gasteiger partial charge in [-0.1, -0.05) is 88.1 Å². The topological polar surface area (TPSA) is 174 Å². The molecule has 1 aliphatic heterocycles. The van der Waals surface area contributed by atoms with E-state index in [9.17, 15) is 34.2 Å². The smallest absolute Gasteiger partial charge is 0.328 e. The number of Topliss-reactive ketones (excluding diaryl/α,β-unsaturated/α-hetero) is 1. The lowest BCUT2D eigenvalue weighted by Gasteiger charge is -2.36. The third-order valence-corrected chi connectivity index (χ3v) is 10.7. The lowest BCUT2D eigenvalue weighted by molar-refractivity contribution is -0.145. The van der Waals surface area contributed by atoms with Gasteiger partial charge in [0, 0.05) is 5.69 Å². The Balaban J connectivity index is 1.65. The minimum atomic E-state index is -1.60. The van der Waals surface area contributed by atoms with Crippen molar-refractivity contribution >= 4 is 58.9 Å². The third kappa shape index (κ3) is 9.42. The molecule has 0 radical (unpaired) electrons. The molecule has 0 bridgehead atoms. The SMILES string of the molecule is CCCCC1(CCCC)NSC2=C(C(=O)C(SC)C(OCC(=O)NC(C(=O)N[C@@H](C(=O)O)[C@@H](C)O)c3ccccc3)=C2)N(c2ccccc2)C1=O. The van der Waals surface area contributed by atoms with Crippen LogP contribution in [0.25, 0.3) is 0 Å². The Hall–Kier alpha value is -4.11. The quantitative estimate of drug-likeness (QED) is 0.143. The molecule has 0 aromatic heterocycles. The number of aliphatic carboxylic acids is 1. The van der Waals surface area contributed by atoms with Gasteiger partial charge in [0.2, 0.25) is 11.7 Å². The minimum absolute atomic E-state index is 0.190. The number of allylic oxidation sites excluding steroid dienone is 2. The van der Waals surface area contributed by atoms with Crippen LogP contribution in [0.3, 0.4) is 0 Å². The summed E-state index contributed by atoms with van der Waals surface area (Å²) in [7, 11) is 0. The zero-order valence-corrected chi connectivity index (χ0v) is 30.9. The molecule has 51 heavy (non-hydrogen) atoms. The van der Waals surface area contributed by atoms with Crippen molar-refractivity contribution in [2.45, 2.75) is 88.3 Å². The summed E-state index contributed by atoms with van der Waals surface area (Å²) in [4.78, 5) is 69.3. The van der Waals surface area contributed by atoms with E-state index in [4.69, 9.17) is 4.74 Å². The molecular weight excluding hydrogens is 693 g/mol. The summed E-state index contributed by atoms with van der Waals surface area (Å²) in [6.07, 6.45) is 6.63. The summed E-state index contributed by atoms with van der Waals surface area (Å²) in [5, 5.41) is 23.4. The van der Waals surface area contributed by atoms with Gasteiger partial charge >= 0.3 is 5.97 Å². The van der Waals surface area contributed by atoms with Crippen molar-refractivity contribution in [3.63, 3.8) is 0 Å². The van der Waals surface area contributed by atoms with Gasteiger partial charge in [-0.15, -0.1) is 11.8 Å². The summed E-state index contributed by atoms with van der Waals surface area (Å²) >= 11 is 2.42. The van der Waals surface area contributed by atoms with Crippen molar-refractivity contribution in [2.75, 3.05) is 17.8 Å². The summed E-state index contributed by atoms with van der Waals surface area (Å²) in [5.74, 6) is -3.30. The van der Waals surface area contributed by atoms with Crippen LogP contribution in [0.5, 0.6) is 0 Å². The van der Waals surface area contributed by atoms with Gasteiger partial charge in [0.1, 0.15) is 28.3 Å². The number of nitrogens with one attached hydrogen (secondary N) is 3. The number of ether oxygens (including phenoxy) is 1. The molecule has 1 aliphatic carbocycles. The van der Waals surface area contributed by atoms with E-state index < -0.39 is 53.4 Å². The number of para-hydroxylation sites is 1. The van der Waals surface area contributed by atoms with Gasteiger partial charge in [-0.2, -0.15) is 0 Å². The van der Waals surface area contributed by atoms with E-state index >= 15 is 0 Å². The average Bonchev–Trinajstić information content (AvgIpc) is 3.24. The Kier molecular flexibility index (Phi) is 14.3. The summed E-state index contributed by atoms with van der Waals surface area (Å²) < 4.78 is 9.46. The molecule has 2 aromatic carbocycles. The maximum Gasteiger partial charge on any atom is 0.328 e. The standard InChI is InChI=1S/C37H46N4O8S2/c1-5-7-19-37(20-8-6-2)36(48)41(25-17-13-10-14-18-25)31-27(51-40-37)21-26(33(50-4)32(31)44)49-22-28(43)38-30(24-15-11-9-12-16-24)34(45)39-29(23(3)42)35(46)47/h9-18,21,23,29-30,33,40,42H,5-8,19-20,22H2,1-4H3,(H,38,43)(H,39,45)(H,46,47)/t23-,29-,30?,33?/m1/s1. The number of benzene rings is 2. The van der Waals surface area contributed by atoms with Crippen molar-refractivity contribution in [2.24, 2.45) is 0 Å². The van der Waals surface area contributed by atoms with Crippen molar-refractivity contribution in [3.8, 4) is 0 Å². The van der Waals surface area contributed by atoms with E-state index in [1.54, 1.807) is 47.6 Å². The fourth-order valence-electron chi connectivity index (χ4n) is 5.94. The molecular formula is C37H46N4O8S2. The lowest BCUT2D eigenvalue weighted by Crippen LogP contribution is -2.55. The van der Waals surface area contributed by atoms with Crippen LogP contribution in [0, 0.1) is 0 Å². The number of hydrogen-bond acceptors (Lipinski definition) is 10. The molecule has 0 saturated carbocycles. The van der Waals surface area contributed by atoms with E-state index in [2.05, 4.69) is 29.2 Å². The first-order valence-corrected chi connectivity index (χ1v) is 19.1. The fourth-order valence-corrected chi connectivity index (χ4v) is 7.70. The van der Waals surface area contributed by atoms with Gasteiger partial charge in [0.15, 0.2) is 12.6 Å². The molecule has 2 aliphatic rings. The minimum Gasteiger partial charge on any atom is -0.486 e. The molecule has 14 heteroatoms. The van der Waals surface area contributed by atoms with Crippen molar-refractivity contribution in [1.29, 1.82) is 0 Å². The van der Waals surface area contributed by atoms with E-state index in [1.165, 1.54) is 30.6 Å². The highest BCUT2D eigenvalue weighted by Crippen LogP contribution is 2.43. The predicted octanol–water partition coefficient (Wildman–Crippen LogP) is 4.62. The van der Waals surface area contributed by atoms with Crippen LogP contribution in [-0.4, -0.2) is 75.5 Å². The second kappa shape index (κ2) is 18.4. The number of carbonyl (C=O) groups is 5. The van der Waals surface area contributed by atoms with Gasteiger partial charge in [-0.05, 0) is 61.7 Å². The molecule has 2 aromatic rings. The summed E-state index contributed by atoms with van der Waals surface area (Å²) in [6.45, 7) is 4.82.